The monoisotopic (exact) mass is 327 g/mol. The molecule has 2 aromatic heterocycles. The Labute approximate surface area is 137 Å². The Hall–Kier alpha value is -2.47. The molecule has 0 aliphatic heterocycles. The number of nitrogens with one attached hydrogen (secondary N) is 2. The van der Waals surface area contributed by atoms with Gasteiger partial charge >= 0.3 is 0 Å². The van der Waals surface area contributed by atoms with Crippen molar-refractivity contribution in [1.29, 1.82) is 0 Å². The number of benzene rings is 1. The number of carbonyl (C=O) groups excluding carboxylic acids is 1. The zero-order chi connectivity index (χ0) is 16.4. The summed E-state index contributed by atoms with van der Waals surface area (Å²) < 4.78 is 1.08. The smallest absolute Gasteiger partial charge is 0.253 e. The van der Waals surface area contributed by atoms with E-state index in [1.165, 1.54) is 6.07 Å². The molecule has 3 rings (SSSR count). The molecule has 1 aromatic carbocycles. The number of H-pyrrole nitrogens is 1. The third kappa shape index (κ3) is 3.17. The number of pyridine rings is 1. The van der Waals surface area contributed by atoms with Gasteiger partial charge in [0.05, 0.1) is 21.3 Å². The number of nitrogens with zero attached hydrogens (tertiary/aromatic N) is 1. The predicted molar refractivity (Wildman–Crippen MR) is 91.9 cm³/mol. The van der Waals surface area contributed by atoms with Crippen molar-refractivity contribution in [3.63, 3.8) is 0 Å². The van der Waals surface area contributed by atoms with E-state index in [9.17, 15) is 9.59 Å². The molecular weight excluding hydrogens is 310 g/mol. The van der Waals surface area contributed by atoms with Crippen LogP contribution in [-0.4, -0.2) is 15.9 Å². The number of aromatic nitrogens is 2. The van der Waals surface area contributed by atoms with E-state index in [-0.39, 0.29) is 17.4 Å². The highest BCUT2D eigenvalue weighted by Gasteiger charge is 2.15. The summed E-state index contributed by atoms with van der Waals surface area (Å²) in [5.74, 6) is -0.124. The fraction of sp³-hybridized carbons (Fsp3) is 0.235. The Balaban J connectivity index is 1.83. The Morgan fingerprint density at radius 2 is 2.13 bits per heavy atom. The molecule has 0 aliphatic rings. The highest BCUT2D eigenvalue weighted by atomic mass is 32.1. The zero-order valence-electron chi connectivity index (χ0n) is 12.9. The van der Waals surface area contributed by atoms with Crippen LogP contribution >= 0.6 is 11.3 Å². The fourth-order valence-electron chi connectivity index (χ4n) is 2.50. The van der Waals surface area contributed by atoms with Crippen LogP contribution in [0.15, 0.2) is 40.6 Å². The van der Waals surface area contributed by atoms with Gasteiger partial charge in [0.15, 0.2) is 0 Å². The molecule has 1 amide bonds. The Kier molecular flexibility index (Phi) is 4.25. The third-order valence-electron chi connectivity index (χ3n) is 3.65. The molecule has 0 unspecified atom stereocenters. The normalized spacial score (nSPS) is 11.1. The number of hydrogen-bond acceptors (Lipinski definition) is 4. The average Bonchev–Trinajstić information content (AvgIpc) is 3.01. The van der Waals surface area contributed by atoms with Gasteiger partial charge in [0.25, 0.3) is 5.91 Å². The number of carbonyl (C=O) groups is 1. The van der Waals surface area contributed by atoms with E-state index in [1.807, 2.05) is 32.0 Å². The number of thiazole rings is 1. The van der Waals surface area contributed by atoms with E-state index in [1.54, 1.807) is 22.9 Å². The molecule has 23 heavy (non-hydrogen) atoms. The highest BCUT2D eigenvalue weighted by Crippen LogP contribution is 2.22. The van der Waals surface area contributed by atoms with Crippen molar-refractivity contribution >= 4 is 27.5 Å². The standard InChI is InChI=1S/C17H17N3O2S/c1-10(2)15-12(6-7-14(21)20-15)17(22)18-8-11-4-3-5-13-16(11)23-9-19-13/h3-7,9-10H,8H2,1-2H3,(H,18,22)(H,20,21). The predicted octanol–water partition coefficient (Wildman–Crippen LogP) is 3.04. The van der Waals surface area contributed by atoms with Gasteiger partial charge in [0, 0.05) is 18.3 Å². The lowest BCUT2D eigenvalue weighted by atomic mass is 10.0. The van der Waals surface area contributed by atoms with Crippen LogP contribution in [0.1, 0.15) is 41.4 Å². The van der Waals surface area contributed by atoms with Crippen molar-refractivity contribution in [2.45, 2.75) is 26.3 Å². The van der Waals surface area contributed by atoms with Crippen LogP contribution < -0.4 is 10.9 Å². The maximum absolute atomic E-state index is 12.5. The number of aromatic amines is 1. The van der Waals surface area contributed by atoms with Gasteiger partial charge in [0.2, 0.25) is 5.56 Å². The Morgan fingerprint density at radius 1 is 1.30 bits per heavy atom. The SMILES string of the molecule is CC(C)c1[nH]c(=O)ccc1C(=O)NCc1cccc2ncsc12. The van der Waals surface area contributed by atoms with Crippen molar-refractivity contribution in [3.8, 4) is 0 Å². The summed E-state index contributed by atoms with van der Waals surface area (Å²) in [5, 5.41) is 2.93. The quantitative estimate of drug-likeness (QED) is 0.773. The van der Waals surface area contributed by atoms with Gasteiger partial charge in [-0.25, -0.2) is 4.98 Å². The molecule has 0 saturated heterocycles. The summed E-state index contributed by atoms with van der Waals surface area (Å²) in [6.45, 7) is 4.31. The van der Waals surface area contributed by atoms with E-state index in [2.05, 4.69) is 15.3 Å². The Bertz CT molecular complexity index is 911. The van der Waals surface area contributed by atoms with Crippen LogP contribution in [0.25, 0.3) is 10.2 Å². The molecule has 2 N–H and O–H groups in total. The van der Waals surface area contributed by atoms with E-state index in [0.717, 1.165) is 15.8 Å². The lowest BCUT2D eigenvalue weighted by molar-refractivity contribution is 0.0949. The van der Waals surface area contributed by atoms with Crippen molar-refractivity contribution in [3.05, 3.63) is 63.0 Å². The second-order valence-electron chi connectivity index (χ2n) is 5.61. The summed E-state index contributed by atoms with van der Waals surface area (Å²) in [5.41, 5.74) is 4.75. The van der Waals surface area contributed by atoms with E-state index < -0.39 is 0 Å². The number of hydrogen-bond donors (Lipinski definition) is 2. The van der Waals surface area contributed by atoms with Crippen LogP contribution in [0.5, 0.6) is 0 Å². The van der Waals surface area contributed by atoms with Crippen LogP contribution in [-0.2, 0) is 6.54 Å². The molecule has 0 aliphatic carbocycles. The zero-order valence-corrected chi connectivity index (χ0v) is 13.7. The van der Waals surface area contributed by atoms with Crippen molar-refractivity contribution in [1.82, 2.24) is 15.3 Å². The lowest BCUT2D eigenvalue weighted by Crippen LogP contribution is -2.26. The first-order chi connectivity index (χ1) is 11.1. The molecule has 0 fully saturated rings. The molecule has 3 aromatic rings. The summed E-state index contributed by atoms with van der Waals surface area (Å²) in [6.07, 6.45) is 0. The fourth-order valence-corrected chi connectivity index (χ4v) is 3.30. The molecule has 5 nitrogen and oxygen atoms in total. The molecule has 0 atom stereocenters. The van der Waals surface area contributed by atoms with Crippen LogP contribution in [0.4, 0.5) is 0 Å². The first-order valence-electron chi connectivity index (χ1n) is 7.39. The first-order valence-corrected chi connectivity index (χ1v) is 8.26. The molecule has 0 bridgehead atoms. The van der Waals surface area contributed by atoms with Crippen LogP contribution in [0.2, 0.25) is 0 Å². The van der Waals surface area contributed by atoms with Crippen LogP contribution in [0, 0.1) is 0 Å². The molecule has 6 heteroatoms. The summed E-state index contributed by atoms with van der Waals surface area (Å²) >= 11 is 1.56. The number of amides is 1. The van der Waals surface area contributed by atoms with Crippen molar-refractivity contribution in [2.75, 3.05) is 0 Å². The minimum atomic E-state index is -0.195. The first kappa shape index (κ1) is 15.4. The minimum Gasteiger partial charge on any atom is -0.348 e. The van der Waals surface area contributed by atoms with E-state index >= 15 is 0 Å². The molecule has 0 saturated carbocycles. The van der Waals surface area contributed by atoms with Gasteiger partial charge in [-0.1, -0.05) is 26.0 Å². The van der Waals surface area contributed by atoms with Crippen molar-refractivity contribution < 1.29 is 4.79 Å². The summed E-state index contributed by atoms with van der Waals surface area (Å²) in [6, 6.07) is 8.83. The van der Waals surface area contributed by atoms with Crippen LogP contribution in [0.3, 0.4) is 0 Å². The summed E-state index contributed by atoms with van der Waals surface area (Å²) in [4.78, 5) is 31.0. The van der Waals surface area contributed by atoms with Gasteiger partial charge in [-0.05, 0) is 23.6 Å². The number of rotatable bonds is 4. The summed E-state index contributed by atoms with van der Waals surface area (Å²) in [7, 11) is 0. The molecular formula is C17H17N3O2S. The lowest BCUT2D eigenvalue weighted by Gasteiger charge is -2.12. The van der Waals surface area contributed by atoms with Gasteiger partial charge < -0.3 is 10.3 Å². The average molecular weight is 327 g/mol. The molecule has 118 valence electrons. The van der Waals surface area contributed by atoms with Gasteiger partial charge in [-0.15, -0.1) is 11.3 Å². The molecule has 2 heterocycles. The van der Waals surface area contributed by atoms with Gasteiger partial charge in [-0.2, -0.15) is 0 Å². The van der Waals surface area contributed by atoms with E-state index in [4.69, 9.17) is 0 Å². The second kappa shape index (κ2) is 6.34. The largest absolute Gasteiger partial charge is 0.348 e. The second-order valence-corrected chi connectivity index (χ2v) is 6.46. The Morgan fingerprint density at radius 3 is 2.91 bits per heavy atom. The highest BCUT2D eigenvalue weighted by molar-refractivity contribution is 7.16. The number of fused-ring (bicyclic) bond motifs is 1. The van der Waals surface area contributed by atoms with Crippen molar-refractivity contribution in [2.24, 2.45) is 0 Å². The van der Waals surface area contributed by atoms with E-state index in [0.29, 0.717) is 17.8 Å². The van der Waals surface area contributed by atoms with Gasteiger partial charge in [0.1, 0.15) is 0 Å². The maximum Gasteiger partial charge on any atom is 0.253 e. The minimum absolute atomic E-state index is 0.0644. The molecule has 0 radical (unpaired) electrons. The van der Waals surface area contributed by atoms with Gasteiger partial charge in [-0.3, -0.25) is 9.59 Å². The maximum atomic E-state index is 12.5. The third-order valence-corrected chi connectivity index (χ3v) is 4.57. The topological polar surface area (TPSA) is 74.8 Å². The molecule has 0 spiro atoms.